The molecule has 1 atom stereocenters. The van der Waals surface area contributed by atoms with Crippen LogP contribution >= 0.6 is 11.8 Å². The second kappa shape index (κ2) is 7.77. The van der Waals surface area contributed by atoms with Crippen molar-refractivity contribution in [1.29, 1.82) is 0 Å². The van der Waals surface area contributed by atoms with Gasteiger partial charge in [-0.1, -0.05) is 12.1 Å². The Morgan fingerprint density at radius 2 is 1.52 bits per heavy atom. The number of carbonyl (C=O) groups is 1. The third-order valence-electron chi connectivity index (χ3n) is 4.15. The summed E-state index contributed by atoms with van der Waals surface area (Å²) in [4.78, 5) is 13.8. The fourth-order valence-electron chi connectivity index (χ4n) is 2.80. The standard InChI is InChI=1S/C18H13F7N2OS/c19-13-3-1-10(2-4-13)15-27(5-6-29-15)16(28)26-14-8-11(17(20,21)22)7-12(9-14)18(23,24)25/h1-4,7-9,15H,5-6H2,(H,26,28). The summed E-state index contributed by atoms with van der Waals surface area (Å²) < 4.78 is 90.9. The molecule has 0 bridgehead atoms. The van der Waals surface area contributed by atoms with E-state index in [0.29, 0.717) is 23.4 Å². The van der Waals surface area contributed by atoms with Gasteiger partial charge in [0, 0.05) is 18.0 Å². The number of rotatable bonds is 2. The van der Waals surface area contributed by atoms with E-state index in [-0.39, 0.29) is 12.6 Å². The second-order valence-electron chi connectivity index (χ2n) is 6.19. The average molecular weight is 438 g/mol. The molecule has 2 aromatic rings. The molecule has 0 spiro atoms. The molecule has 156 valence electrons. The van der Waals surface area contributed by atoms with Crippen LogP contribution in [0, 0.1) is 5.82 Å². The zero-order chi connectivity index (χ0) is 21.4. The lowest BCUT2D eigenvalue weighted by molar-refractivity contribution is -0.143. The van der Waals surface area contributed by atoms with Crippen molar-refractivity contribution in [3.63, 3.8) is 0 Å². The van der Waals surface area contributed by atoms with E-state index in [9.17, 15) is 35.5 Å². The molecule has 1 N–H and O–H groups in total. The topological polar surface area (TPSA) is 32.3 Å². The summed E-state index contributed by atoms with van der Waals surface area (Å²) in [6.45, 7) is 0.226. The van der Waals surface area contributed by atoms with Crippen LogP contribution in [0.5, 0.6) is 0 Å². The van der Waals surface area contributed by atoms with Crippen LogP contribution in [0.2, 0.25) is 0 Å². The van der Waals surface area contributed by atoms with E-state index in [0.717, 1.165) is 0 Å². The van der Waals surface area contributed by atoms with Gasteiger partial charge in [0.2, 0.25) is 0 Å². The molecule has 1 aliphatic heterocycles. The van der Waals surface area contributed by atoms with Gasteiger partial charge in [-0.3, -0.25) is 0 Å². The van der Waals surface area contributed by atoms with E-state index in [1.54, 1.807) is 0 Å². The summed E-state index contributed by atoms with van der Waals surface area (Å²) in [5, 5.41) is 1.58. The molecule has 2 amide bonds. The summed E-state index contributed by atoms with van der Waals surface area (Å²) in [5.41, 5.74) is -3.07. The number of hydrogen-bond donors (Lipinski definition) is 1. The van der Waals surface area contributed by atoms with Crippen LogP contribution in [0.1, 0.15) is 22.1 Å². The number of carbonyl (C=O) groups excluding carboxylic acids is 1. The fourth-order valence-corrected chi connectivity index (χ4v) is 4.06. The van der Waals surface area contributed by atoms with Gasteiger partial charge < -0.3 is 10.2 Å². The van der Waals surface area contributed by atoms with E-state index in [1.165, 1.54) is 40.9 Å². The second-order valence-corrected chi connectivity index (χ2v) is 7.38. The van der Waals surface area contributed by atoms with Crippen molar-refractivity contribution in [3.05, 3.63) is 65.0 Å². The van der Waals surface area contributed by atoms with Crippen LogP contribution < -0.4 is 5.32 Å². The van der Waals surface area contributed by atoms with Gasteiger partial charge in [0.15, 0.2) is 0 Å². The molecule has 11 heteroatoms. The molecule has 1 aliphatic rings. The molecule has 3 nitrogen and oxygen atoms in total. The largest absolute Gasteiger partial charge is 0.416 e. The minimum atomic E-state index is -5.01. The lowest BCUT2D eigenvalue weighted by Crippen LogP contribution is -2.34. The van der Waals surface area contributed by atoms with Crippen molar-refractivity contribution in [2.45, 2.75) is 17.7 Å². The van der Waals surface area contributed by atoms with Gasteiger partial charge in [0.05, 0.1) is 11.1 Å². The van der Waals surface area contributed by atoms with Crippen LogP contribution in [0.25, 0.3) is 0 Å². The zero-order valence-electron chi connectivity index (χ0n) is 14.4. The first-order valence-corrected chi connectivity index (χ1v) is 9.24. The highest BCUT2D eigenvalue weighted by Crippen LogP contribution is 2.40. The maximum Gasteiger partial charge on any atom is 0.416 e. The van der Waals surface area contributed by atoms with Crippen molar-refractivity contribution >= 4 is 23.5 Å². The Kier molecular flexibility index (Phi) is 5.70. The molecule has 1 heterocycles. The minimum Gasteiger partial charge on any atom is -0.308 e. The number of amides is 2. The first-order chi connectivity index (χ1) is 13.4. The molecule has 1 fully saturated rings. The van der Waals surface area contributed by atoms with Gasteiger partial charge in [-0.15, -0.1) is 11.8 Å². The van der Waals surface area contributed by atoms with Gasteiger partial charge in [0.25, 0.3) is 0 Å². The minimum absolute atomic E-state index is 0.0112. The van der Waals surface area contributed by atoms with E-state index in [1.807, 2.05) is 0 Å². The highest BCUT2D eigenvalue weighted by molar-refractivity contribution is 7.99. The Bertz CT molecular complexity index is 864. The highest BCUT2D eigenvalue weighted by Gasteiger charge is 2.37. The summed E-state index contributed by atoms with van der Waals surface area (Å²) >= 11 is 1.35. The molecule has 3 rings (SSSR count). The molecule has 0 aromatic heterocycles. The summed E-state index contributed by atoms with van der Waals surface area (Å²) in [5.74, 6) is 0.0302. The molecule has 1 unspecified atom stereocenters. The quantitative estimate of drug-likeness (QED) is 0.571. The highest BCUT2D eigenvalue weighted by atomic mass is 32.2. The van der Waals surface area contributed by atoms with Gasteiger partial charge in [-0.25, -0.2) is 9.18 Å². The number of halogens is 7. The number of thioether (sulfide) groups is 1. The molecule has 0 aliphatic carbocycles. The number of hydrogen-bond acceptors (Lipinski definition) is 2. The van der Waals surface area contributed by atoms with E-state index in [4.69, 9.17) is 0 Å². The first-order valence-electron chi connectivity index (χ1n) is 8.19. The summed E-state index contributed by atoms with van der Waals surface area (Å²) in [7, 11) is 0. The van der Waals surface area contributed by atoms with E-state index >= 15 is 0 Å². The first kappa shape index (κ1) is 21.3. The van der Waals surface area contributed by atoms with Crippen LogP contribution in [0.3, 0.4) is 0 Å². The van der Waals surface area contributed by atoms with E-state index in [2.05, 4.69) is 5.32 Å². The molecule has 2 aromatic carbocycles. The molecule has 0 radical (unpaired) electrons. The smallest absolute Gasteiger partial charge is 0.308 e. The van der Waals surface area contributed by atoms with Crippen molar-refractivity contribution in [2.75, 3.05) is 17.6 Å². The Morgan fingerprint density at radius 1 is 0.966 bits per heavy atom. The number of nitrogens with zero attached hydrogens (tertiary/aromatic N) is 1. The van der Waals surface area contributed by atoms with Gasteiger partial charge in [0.1, 0.15) is 11.2 Å². The SMILES string of the molecule is O=C(Nc1cc(C(F)(F)F)cc(C(F)(F)F)c1)N1CCSC1c1ccc(F)cc1. The average Bonchev–Trinajstić information content (AvgIpc) is 3.10. The van der Waals surface area contributed by atoms with Gasteiger partial charge in [-0.2, -0.15) is 26.3 Å². The van der Waals surface area contributed by atoms with Gasteiger partial charge in [-0.05, 0) is 35.9 Å². The Balaban J connectivity index is 1.86. The normalized spacial score (nSPS) is 17.5. The Morgan fingerprint density at radius 3 is 2.03 bits per heavy atom. The molecule has 29 heavy (non-hydrogen) atoms. The van der Waals surface area contributed by atoms with Crippen LogP contribution in [-0.2, 0) is 12.4 Å². The summed E-state index contributed by atoms with van der Waals surface area (Å²) in [6, 6.07) is 5.36. The molecule has 0 saturated carbocycles. The molecule has 1 saturated heterocycles. The fraction of sp³-hybridized carbons (Fsp3) is 0.278. The lowest BCUT2D eigenvalue weighted by Gasteiger charge is -2.25. The van der Waals surface area contributed by atoms with Crippen LogP contribution in [-0.4, -0.2) is 23.2 Å². The van der Waals surface area contributed by atoms with Crippen molar-refractivity contribution in [2.24, 2.45) is 0 Å². The number of benzene rings is 2. The lowest BCUT2D eigenvalue weighted by atomic mass is 10.1. The maximum atomic E-state index is 13.1. The number of alkyl halides is 6. The van der Waals surface area contributed by atoms with Gasteiger partial charge >= 0.3 is 18.4 Å². The van der Waals surface area contributed by atoms with E-state index < -0.39 is 46.4 Å². The predicted octanol–water partition coefficient (Wildman–Crippen LogP) is 6.14. The number of anilines is 1. The Labute approximate surface area is 164 Å². The monoisotopic (exact) mass is 438 g/mol. The van der Waals surface area contributed by atoms with Crippen LogP contribution in [0.4, 0.5) is 41.2 Å². The molecular formula is C18H13F7N2OS. The number of nitrogens with one attached hydrogen (secondary N) is 1. The Hall–Kier alpha value is -2.43. The predicted molar refractivity (Wildman–Crippen MR) is 93.8 cm³/mol. The van der Waals surface area contributed by atoms with Crippen LogP contribution in [0.15, 0.2) is 42.5 Å². The maximum absolute atomic E-state index is 13.1. The third-order valence-corrected chi connectivity index (χ3v) is 5.41. The third kappa shape index (κ3) is 4.95. The summed E-state index contributed by atoms with van der Waals surface area (Å²) in [6.07, 6.45) is -10.0. The van der Waals surface area contributed by atoms with Crippen molar-refractivity contribution in [3.8, 4) is 0 Å². The number of urea groups is 1. The zero-order valence-corrected chi connectivity index (χ0v) is 15.3. The molecular weight excluding hydrogens is 425 g/mol. The van der Waals surface area contributed by atoms with Crippen molar-refractivity contribution < 1.29 is 35.5 Å². The van der Waals surface area contributed by atoms with Crippen molar-refractivity contribution in [1.82, 2.24) is 4.90 Å².